The predicted octanol–water partition coefficient (Wildman–Crippen LogP) is 3.19. The summed E-state index contributed by atoms with van der Waals surface area (Å²) in [5.74, 6) is 0.0216. The number of thiophene rings is 1. The zero-order chi connectivity index (χ0) is 17.8. The van der Waals surface area contributed by atoms with E-state index in [1.807, 2.05) is 29.3 Å². The van der Waals surface area contributed by atoms with E-state index in [0.717, 1.165) is 10.6 Å². The fourth-order valence-electron chi connectivity index (χ4n) is 2.81. The minimum Gasteiger partial charge on any atom is -0.335 e. The van der Waals surface area contributed by atoms with Gasteiger partial charge >= 0.3 is 0 Å². The highest BCUT2D eigenvalue weighted by Crippen LogP contribution is 2.17. The molecule has 0 aliphatic carbocycles. The van der Waals surface area contributed by atoms with E-state index in [2.05, 4.69) is 10.2 Å². The maximum Gasteiger partial charge on any atom is 0.264 e. The summed E-state index contributed by atoms with van der Waals surface area (Å²) < 4.78 is 0. The first kappa shape index (κ1) is 17.9. The van der Waals surface area contributed by atoms with Crippen molar-refractivity contribution in [3.8, 4) is 0 Å². The van der Waals surface area contributed by atoms with Gasteiger partial charge in [0.1, 0.15) is 0 Å². The summed E-state index contributed by atoms with van der Waals surface area (Å²) in [7, 11) is 0. The molecule has 7 heteroatoms. The zero-order valence-electron chi connectivity index (χ0n) is 13.9. The van der Waals surface area contributed by atoms with Crippen LogP contribution in [0, 0.1) is 0 Å². The Morgan fingerprint density at radius 1 is 1.12 bits per heavy atom. The Morgan fingerprint density at radius 3 is 2.40 bits per heavy atom. The van der Waals surface area contributed by atoms with E-state index >= 15 is 0 Å². The van der Waals surface area contributed by atoms with Gasteiger partial charge in [0.25, 0.3) is 5.91 Å². The van der Waals surface area contributed by atoms with Crippen molar-refractivity contribution < 1.29 is 9.59 Å². The van der Waals surface area contributed by atoms with E-state index in [9.17, 15) is 9.59 Å². The van der Waals surface area contributed by atoms with Crippen molar-refractivity contribution in [3.05, 3.63) is 51.7 Å². The number of halogens is 1. The molecule has 1 fully saturated rings. The molecule has 5 nitrogen and oxygen atoms in total. The van der Waals surface area contributed by atoms with Gasteiger partial charge in [-0.15, -0.1) is 11.3 Å². The molecule has 1 atom stereocenters. The minimum atomic E-state index is -0.255. The summed E-state index contributed by atoms with van der Waals surface area (Å²) in [6.45, 7) is 4.53. The second-order valence-corrected chi connectivity index (χ2v) is 7.36. The third-order valence-corrected chi connectivity index (χ3v) is 5.48. The molecule has 0 unspecified atom stereocenters. The molecule has 1 aliphatic heterocycles. The number of rotatable bonds is 4. The first-order valence-electron chi connectivity index (χ1n) is 8.18. The van der Waals surface area contributed by atoms with Crippen molar-refractivity contribution in [1.29, 1.82) is 0 Å². The predicted molar refractivity (Wildman–Crippen MR) is 101 cm³/mol. The largest absolute Gasteiger partial charge is 0.335 e. The molecule has 2 heterocycles. The van der Waals surface area contributed by atoms with Crippen LogP contribution in [-0.4, -0.2) is 53.8 Å². The molecule has 2 aromatic rings. The smallest absolute Gasteiger partial charge is 0.264 e. The molecule has 2 amide bonds. The summed E-state index contributed by atoms with van der Waals surface area (Å²) in [6, 6.07) is 10.5. The SMILES string of the molecule is C[C@@H](C(=O)Nc1ccc(Cl)cc1)N1CCN(C(=O)c2cccs2)CC1. The zero-order valence-corrected chi connectivity index (χ0v) is 15.5. The number of piperazine rings is 1. The number of anilines is 1. The number of benzene rings is 1. The monoisotopic (exact) mass is 377 g/mol. The summed E-state index contributed by atoms with van der Waals surface area (Å²) in [6.07, 6.45) is 0. The van der Waals surface area contributed by atoms with E-state index in [4.69, 9.17) is 11.6 Å². The average Bonchev–Trinajstić information content (AvgIpc) is 3.17. The van der Waals surface area contributed by atoms with Crippen LogP contribution >= 0.6 is 22.9 Å². The lowest BCUT2D eigenvalue weighted by Gasteiger charge is -2.37. The molecule has 1 N–H and O–H groups in total. The summed E-state index contributed by atoms with van der Waals surface area (Å²) in [5, 5.41) is 5.45. The van der Waals surface area contributed by atoms with Crippen LogP contribution in [-0.2, 0) is 4.79 Å². The number of hydrogen-bond donors (Lipinski definition) is 1. The Hall–Kier alpha value is -1.89. The van der Waals surface area contributed by atoms with Crippen LogP contribution in [0.3, 0.4) is 0 Å². The second-order valence-electron chi connectivity index (χ2n) is 5.98. The number of amides is 2. The molecule has 25 heavy (non-hydrogen) atoms. The maximum absolute atomic E-state index is 12.4. The summed E-state index contributed by atoms with van der Waals surface area (Å²) in [4.78, 5) is 29.5. The lowest BCUT2D eigenvalue weighted by Crippen LogP contribution is -2.53. The third-order valence-electron chi connectivity index (χ3n) is 4.37. The van der Waals surface area contributed by atoms with Crippen molar-refractivity contribution >= 4 is 40.4 Å². The van der Waals surface area contributed by atoms with E-state index in [1.165, 1.54) is 11.3 Å². The Bertz CT molecular complexity index is 725. The first-order chi connectivity index (χ1) is 12.0. The van der Waals surface area contributed by atoms with Gasteiger partial charge in [0.05, 0.1) is 10.9 Å². The third kappa shape index (κ3) is 4.39. The van der Waals surface area contributed by atoms with Crippen LogP contribution in [0.4, 0.5) is 5.69 Å². The fraction of sp³-hybridized carbons (Fsp3) is 0.333. The lowest BCUT2D eigenvalue weighted by molar-refractivity contribution is -0.121. The molecule has 3 rings (SSSR count). The highest BCUT2D eigenvalue weighted by atomic mass is 35.5. The van der Waals surface area contributed by atoms with Crippen molar-refractivity contribution in [2.45, 2.75) is 13.0 Å². The van der Waals surface area contributed by atoms with Gasteiger partial charge in [-0.05, 0) is 42.6 Å². The van der Waals surface area contributed by atoms with Crippen LogP contribution in [0.1, 0.15) is 16.6 Å². The van der Waals surface area contributed by atoms with Crippen molar-refractivity contribution in [2.75, 3.05) is 31.5 Å². The molecule has 132 valence electrons. The van der Waals surface area contributed by atoms with Gasteiger partial charge in [-0.1, -0.05) is 17.7 Å². The molecule has 0 radical (unpaired) electrons. The lowest BCUT2D eigenvalue weighted by atomic mass is 10.2. The summed E-state index contributed by atoms with van der Waals surface area (Å²) in [5.41, 5.74) is 0.729. The molecule has 1 aromatic carbocycles. The van der Waals surface area contributed by atoms with Crippen LogP contribution in [0.2, 0.25) is 5.02 Å². The molecular formula is C18H20ClN3O2S. The van der Waals surface area contributed by atoms with Gasteiger partial charge in [-0.2, -0.15) is 0 Å². The molecule has 1 aromatic heterocycles. The van der Waals surface area contributed by atoms with Gasteiger partial charge in [0.15, 0.2) is 0 Å². The van der Waals surface area contributed by atoms with E-state index in [1.54, 1.807) is 24.3 Å². The van der Waals surface area contributed by atoms with Gasteiger partial charge < -0.3 is 10.2 Å². The molecule has 0 bridgehead atoms. The van der Waals surface area contributed by atoms with Crippen molar-refractivity contribution in [1.82, 2.24) is 9.80 Å². The van der Waals surface area contributed by atoms with Crippen molar-refractivity contribution in [3.63, 3.8) is 0 Å². The molecule has 0 saturated carbocycles. The van der Waals surface area contributed by atoms with Crippen LogP contribution in [0.5, 0.6) is 0 Å². The van der Waals surface area contributed by atoms with E-state index < -0.39 is 0 Å². The van der Waals surface area contributed by atoms with Gasteiger partial charge in [0, 0.05) is 36.9 Å². The second kappa shape index (κ2) is 7.99. The Balaban J connectivity index is 1.52. The number of nitrogens with zero attached hydrogens (tertiary/aromatic N) is 2. The van der Waals surface area contributed by atoms with Gasteiger partial charge in [-0.3, -0.25) is 14.5 Å². The number of carbonyl (C=O) groups excluding carboxylic acids is 2. The fourth-order valence-corrected chi connectivity index (χ4v) is 3.63. The standard InChI is InChI=1S/C18H20ClN3O2S/c1-13(17(23)20-15-6-4-14(19)5-7-15)21-8-10-22(11-9-21)18(24)16-3-2-12-25-16/h2-7,12-13H,8-11H2,1H3,(H,20,23)/t13-/m0/s1. The Labute approximate surface area is 156 Å². The number of hydrogen-bond acceptors (Lipinski definition) is 4. The average molecular weight is 378 g/mol. The maximum atomic E-state index is 12.4. The number of carbonyl (C=O) groups is 2. The normalized spacial score (nSPS) is 16.5. The molecule has 0 spiro atoms. The van der Waals surface area contributed by atoms with Crippen molar-refractivity contribution in [2.24, 2.45) is 0 Å². The Kier molecular flexibility index (Phi) is 5.73. The van der Waals surface area contributed by atoms with Crippen LogP contribution in [0.15, 0.2) is 41.8 Å². The van der Waals surface area contributed by atoms with E-state index in [-0.39, 0.29) is 17.9 Å². The highest BCUT2D eigenvalue weighted by Gasteiger charge is 2.28. The van der Waals surface area contributed by atoms with Crippen LogP contribution in [0.25, 0.3) is 0 Å². The summed E-state index contributed by atoms with van der Waals surface area (Å²) >= 11 is 7.32. The van der Waals surface area contributed by atoms with E-state index in [0.29, 0.717) is 31.2 Å². The first-order valence-corrected chi connectivity index (χ1v) is 9.43. The topological polar surface area (TPSA) is 52.7 Å². The number of nitrogens with one attached hydrogen (secondary N) is 1. The van der Waals surface area contributed by atoms with Gasteiger partial charge in [-0.25, -0.2) is 0 Å². The molecular weight excluding hydrogens is 358 g/mol. The Morgan fingerprint density at radius 2 is 1.80 bits per heavy atom. The van der Waals surface area contributed by atoms with Crippen LogP contribution < -0.4 is 5.32 Å². The molecule has 1 saturated heterocycles. The highest BCUT2D eigenvalue weighted by molar-refractivity contribution is 7.12. The minimum absolute atomic E-state index is 0.0552. The quantitative estimate of drug-likeness (QED) is 0.890. The molecule has 1 aliphatic rings. The van der Waals surface area contributed by atoms with Gasteiger partial charge in [0.2, 0.25) is 5.91 Å².